The van der Waals surface area contributed by atoms with Crippen LogP contribution in [-0.2, 0) is 20.2 Å². The molecule has 47 heavy (non-hydrogen) atoms. The van der Waals surface area contributed by atoms with Crippen LogP contribution in [0.4, 0.5) is 28.7 Å². The van der Waals surface area contributed by atoms with E-state index in [-0.39, 0.29) is 110 Å². The molecular weight excluding hydrogens is 700 g/mol. The first-order valence-corrected chi connectivity index (χ1v) is 15.3. The van der Waals surface area contributed by atoms with Gasteiger partial charge in [0.15, 0.2) is 0 Å². The van der Waals surface area contributed by atoms with Crippen molar-refractivity contribution in [3.63, 3.8) is 0 Å². The number of nitrogens with zero attached hydrogens (tertiary/aromatic N) is 6. The second kappa shape index (κ2) is 14.8. The van der Waals surface area contributed by atoms with Gasteiger partial charge in [-0.3, -0.25) is 4.79 Å². The van der Waals surface area contributed by atoms with Gasteiger partial charge in [0, 0.05) is 5.69 Å². The molecule has 2 aromatic heterocycles. The number of pyridine rings is 1. The summed E-state index contributed by atoms with van der Waals surface area (Å²) in [7, 11) is -10.0. The number of carbonyl (C=O) groups is 1. The molecule has 5 rings (SSSR count). The third kappa shape index (κ3) is 8.77. The van der Waals surface area contributed by atoms with Crippen molar-refractivity contribution in [2.75, 3.05) is 11.1 Å². The molecule has 0 aliphatic heterocycles. The van der Waals surface area contributed by atoms with Gasteiger partial charge < -0.3 is 31.0 Å². The number of aromatic nitrogens is 4. The van der Waals surface area contributed by atoms with Gasteiger partial charge in [-0.2, -0.15) is 4.98 Å². The molecule has 1 amide bonds. The monoisotopic (exact) mass is 716 g/mol. The Kier molecular flexibility index (Phi) is 12.0. The van der Waals surface area contributed by atoms with Crippen molar-refractivity contribution in [1.29, 1.82) is 0 Å². The summed E-state index contributed by atoms with van der Waals surface area (Å²) in [5.74, 6) is -1.51. The molecule has 22 heteroatoms. The number of hydrogen-bond donors (Lipinski definition) is 4. The molecule has 3 aromatic carbocycles. The summed E-state index contributed by atoms with van der Waals surface area (Å²) in [5, 5.41) is 20.8. The van der Waals surface area contributed by atoms with Crippen LogP contribution in [0.3, 0.4) is 0 Å². The van der Waals surface area contributed by atoms with Crippen molar-refractivity contribution in [3.8, 4) is 11.7 Å². The number of rotatable bonds is 8. The summed E-state index contributed by atoms with van der Waals surface area (Å²) in [6.07, 6.45) is 2.88. The number of nitrogens with two attached hydrogens (primary N) is 2. The molecule has 6 N–H and O–H groups in total. The number of carbonyl (C=O) groups excluding carboxylic acids is 1. The molecule has 0 saturated heterocycles. The Morgan fingerprint density at radius 3 is 2.34 bits per heavy atom. The summed E-state index contributed by atoms with van der Waals surface area (Å²) in [6.45, 7) is 0. The van der Waals surface area contributed by atoms with Crippen LogP contribution in [0.15, 0.2) is 87.0 Å². The topological polar surface area (TPSA) is 283 Å². The minimum absolute atomic E-state index is 0. The Morgan fingerprint density at radius 1 is 0.957 bits per heavy atom. The fourth-order valence-corrected chi connectivity index (χ4v) is 5.31. The fourth-order valence-electron chi connectivity index (χ4n) is 4.04. The molecule has 0 atom stereocenters. The maximum atomic E-state index is 12.0. The fraction of sp³-hybridized carbons (Fsp3) is 0. The number of anilines is 3. The third-order valence-electron chi connectivity index (χ3n) is 6.02. The van der Waals surface area contributed by atoms with Crippen molar-refractivity contribution in [1.82, 2.24) is 15.0 Å². The smallest absolute Gasteiger partial charge is 0.744 e. The van der Waals surface area contributed by atoms with Crippen LogP contribution in [0.1, 0.15) is 10.4 Å². The van der Waals surface area contributed by atoms with Crippen LogP contribution in [0.5, 0.6) is 5.75 Å². The van der Waals surface area contributed by atoms with Crippen LogP contribution in [0.25, 0.3) is 16.7 Å². The normalized spacial score (nSPS) is 11.6. The maximum Gasteiger partial charge on any atom is 1.00 e. The average molecular weight is 717 g/mol. The third-order valence-corrected chi connectivity index (χ3v) is 7.88. The molecule has 0 aliphatic carbocycles. The van der Waals surface area contributed by atoms with E-state index in [0.717, 1.165) is 18.2 Å². The van der Waals surface area contributed by atoms with E-state index in [4.69, 9.17) is 23.1 Å². The van der Waals surface area contributed by atoms with Gasteiger partial charge in [-0.1, -0.05) is 6.07 Å². The molecule has 0 bridgehead atoms. The number of azo groups is 1. The largest absolute Gasteiger partial charge is 1.00 e. The zero-order valence-corrected chi connectivity index (χ0v) is 30.6. The van der Waals surface area contributed by atoms with Gasteiger partial charge in [-0.15, -0.1) is 10.2 Å². The molecule has 5 aromatic rings. The quantitative estimate of drug-likeness (QED) is 0.0396. The summed E-state index contributed by atoms with van der Waals surface area (Å²) in [6, 6.07) is 10.6. The van der Waals surface area contributed by atoms with Gasteiger partial charge in [0.25, 0.3) is 5.91 Å². The molecule has 0 unspecified atom stereocenters. The molecule has 17 nitrogen and oxygen atoms in total. The van der Waals surface area contributed by atoms with Crippen molar-refractivity contribution in [2.45, 2.75) is 9.79 Å². The van der Waals surface area contributed by atoms with E-state index < -0.39 is 47.4 Å². The summed E-state index contributed by atoms with van der Waals surface area (Å²) < 4.78 is 71.8. The first-order chi connectivity index (χ1) is 21.1. The SMILES string of the molecule is NC(=O)c1ccc[n+](-c2nc(Cl)nc(Nc3ccc(S(=O)(=O)[O-])c(N=Nc4c(N)ccc5cc(S(=O)(=O)[O-])cc(O)c45)c3)n2)c1.[Na+].[Na+]. The number of nitrogen functional groups attached to an aromatic ring is 1. The Bertz CT molecular complexity index is 2300. The standard InChI is InChI=1S/C25H18ClN9O8S2.2Na/c26-23-30-24(32-25(31-23)35-7-1-2-13(11-35)22(28)37)29-14-4-6-19(45(41,42)43)17(9-14)33-34-21-16(27)5-3-12-8-15(44(38,39)40)10-18(36)20(12)21;;/h1-11H,(H7-,27,28,29,30,31,32,33,34,36,37,38,39,40,41,42,43);;/q;2*+1/p-1. The summed E-state index contributed by atoms with van der Waals surface area (Å²) in [4.78, 5) is 22.3. The number of aromatic hydroxyl groups is 1. The molecule has 230 valence electrons. The number of phenols is 1. The predicted octanol–water partition coefficient (Wildman–Crippen LogP) is -3.68. The molecule has 0 aliphatic rings. The second-order valence-corrected chi connectivity index (χ2v) is 12.1. The van der Waals surface area contributed by atoms with Crippen molar-refractivity contribution >= 4 is 77.2 Å². The van der Waals surface area contributed by atoms with Gasteiger partial charge >= 0.3 is 76.3 Å². The molecular formula is C25H17ClN9Na2O8S2+. The second-order valence-electron chi connectivity index (χ2n) is 9.05. The Morgan fingerprint density at radius 2 is 1.68 bits per heavy atom. The Balaban J connectivity index is 0.00000300. The van der Waals surface area contributed by atoms with Gasteiger partial charge in [-0.25, -0.2) is 21.4 Å². The van der Waals surface area contributed by atoms with Crippen LogP contribution in [-0.4, -0.2) is 51.9 Å². The maximum absolute atomic E-state index is 12.0. The summed E-state index contributed by atoms with van der Waals surface area (Å²) in [5.41, 5.74) is 10.9. The number of amides is 1. The molecule has 0 radical (unpaired) electrons. The van der Waals surface area contributed by atoms with E-state index in [0.29, 0.717) is 6.07 Å². The Labute approximate surface area is 315 Å². The Hall–Kier alpha value is -3.34. The average Bonchev–Trinajstić information content (AvgIpc) is 2.95. The number of fused-ring (bicyclic) bond motifs is 1. The predicted molar refractivity (Wildman–Crippen MR) is 155 cm³/mol. The van der Waals surface area contributed by atoms with Crippen LogP contribution >= 0.6 is 11.6 Å². The number of benzene rings is 3. The molecule has 0 spiro atoms. The number of halogens is 1. The minimum atomic E-state index is -5.09. The number of nitrogens with one attached hydrogen (secondary N) is 1. The molecule has 0 fully saturated rings. The van der Waals surface area contributed by atoms with E-state index in [1.54, 1.807) is 0 Å². The van der Waals surface area contributed by atoms with Crippen molar-refractivity contribution < 1.29 is 99.5 Å². The summed E-state index contributed by atoms with van der Waals surface area (Å²) >= 11 is 6.07. The van der Waals surface area contributed by atoms with Crippen LogP contribution < -0.4 is 80.5 Å². The first kappa shape index (κ1) is 38.1. The number of hydrogen-bond acceptors (Lipinski definition) is 15. The minimum Gasteiger partial charge on any atom is -0.744 e. The van der Waals surface area contributed by atoms with E-state index >= 15 is 0 Å². The van der Waals surface area contributed by atoms with Crippen LogP contribution in [0.2, 0.25) is 5.28 Å². The number of primary amides is 1. The van der Waals surface area contributed by atoms with Gasteiger partial charge in [0.1, 0.15) is 37.4 Å². The van der Waals surface area contributed by atoms with E-state index in [1.807, 2.05) is 0 Å². The zero-order chi connectivity index (χ0) is 32.7. The number of phenolic OH excluding ortho intramolecular Hbond substituents is 1. The van der Waals surface area contributed by atoms with Crippen molar-refractivity contribution in [2.24, 2.45) is 16.0 Å². The van der Waals surface area contributed by atoms with Gasteiger partial charge in [-0.05, 0) is 75.5 Å². The van der Waals surface area contributed by atoms with Crippen molar-refractivity contribution in [3.05, 3.63) is 77.8 Å². The molecule has 0 saturated carbocycles. The molecule has 2 heterocycles. The zero-order valence-electron chi connectivity index (χ0n) is 24.2. The first-order valence-electron chi connectivity index (χ1n) is 12.1. The van der Waals surface area contributed by atoms with E-state index in [1.165, 1.54) is 47.3 Å². The van der Waals surface area contributed by atoms with Gasteiger partial charge in [0.2, 0.25) is 0 Å². The van der Waals surface area contributed by atoms with Gasteiger partial charge in [0.05, 0.1) is 38.8 Å². The van der Waals surface area contributed by atoms with E-state index in [9.17, 15) is 35.8 Å². The van der Waals surface area contributed by atoms with Crippen LogP contribution in [0, 0.1) is 0 Å². The van der Waals surface area contributed by atoms with E-state index in [2.05, 4.69) is 30.5 Å².